The van der Waals surface area contributed by atoms with Gasteiger partial charge in [0, 0.05) is 49.5 Å². The maximum atomic E-state index is 12.6. The molecule has 0 aliphatic carbocycles. The minimum absolute atomic E-state index is 0.00600. The minimum Gasteiger partial charge on any atom is -0.353 e. The predicted octanol–water partition coefficient (Wildman–Crippen LogP) is 0.631. The fourth-order valence-corrected chi connectivity index (χ4v) is 3.39. The number of aromatic nitrogens is 3. The quantitative estimate of drug-likeness (QED) is 0.663. The number of amides is 2. The number of likely N-dealkylation sites (tertiary alicyclic amines) is 1. The predicted molar refractivity (Wildman–Crippen MR) is 101 cm³/mol. The van der Waals surface area contributed by atoms with Gasteiger partial charge >= 0.3 is 0 Å². The van der Waals surface area contributed by atoms with Crippen molar-refractivity contribution in [3.63, 3.8) is 0 Å². The fourth-order valence-electron chi connectivity index (χ4n) is 3.39. The van der Waals surface area contributed by atoms with Crippen LogP contribution in [0.5, 0.6) is 0 Å². The van der Waals surface area contributed by atoms with Crippen LogP contribution in [0.15, 0.2) is 37.1 Å². The summed E-state index contributed by atoms with van der Waals surface area (Å²) in [6.45, 7) is 5.09. The van der Waals surface area contributed by atoms with E-state index in [9.17, 15) is 9.59 Å². The molecule has 3 heterocycles. The lowest BCUT2D eigenvalue weighted by Crippen LogP contribution is -2.45. The van der Waals surface area contributed by atoms with Crippen LogP contribution in [0, 0.1) is 0 Å². The third-order valence-corrected chi connectivity index (χ3v) is 4.52. The lowest BCUT2D eigenvalue weighted by atomic mass is 10.1. The van der Waals surface area contributed by atoms with E-state index in [0.717, 1.165) is 11.3 Å². The number of imidazole rings is 1. The lowest BCUT2D eigenvalue weighted by Gasteiger charge is -2.23. The van der Waals surface area contributed by atoms with Crippen molar-refractivity contribution in [3.8, 4) is 0 Å². The monoisotopic (exact) mass is 370 g/mol. The number of H-pyrrole nitrogens is 1. The molecule has 8 nitrogen and oxygen atoms in total. The number of aromatic amines is 1. The van der Waals surface area contributed by atoms with Gasteiger partial charge in [-0.3, -0.25) is 19.5 Å². The molecule has 0 saturated carbocycles. The van der Waals surface area contributed by atoms with Gasteiger partial charge in [0.25, 0.3) is 0 Å². The van der Waals surface area contributed by atoms with Crippen LogP contribution in [0.2, 0.25) is 0 Å². The molecule has 0 radical (unpaired) electrons. The third-order valence-electron chi connectivity index (χ3n) is 4.52. The first kappa shape index (κ1) is 19.0. The first-order chi connectivity index (χ1) is 13.0. The van der Waals surface area contributed by atoms with E-state index in [1.807, 2.05) is 26.0 Å². The Balaban J connectivity index is 1.62. The average Bonchev–Trinajstić information content (AvgIpc) is 3.25. The molecule has 27 heavy (non-hydrogen) atoms. The van der Waals surface area contributed by atoms with Gasteiger partial charge in [0.15, 0.2) is 0 Å². The van der Waals surface area contributed by atoms with Crippen molar-refractivity contribution < 1.29 is 9.59 Å². The van der Waals surface area contributed by atoms with Crippen molar-refractivity contribution in [1.29, 1.82) is 0 Å². The molecule has 1 aliphatic rings. The molecule has 2 amide bonds. The molecule has 0 unspecified atom stereocenters. The zero-order chi connectivity index (χ0) is 19.2. The van der Waals surface area contributed by atoms with E-state index in [-0.39, 0.29) is 36.4 Å². The van der Waals surface area contributed by atoms with Crippen molar-refractivity contribution in [2.75, 3.05) is 6.54 Å². The van der Waals surface area contributed by atoms with Gasteiger partial charge in [-0.05, 0) is 31.9 Å². The van der Waals surface area contributed by atoms with E-state index in [4.69, 9.17) is 0 Å². The van der Waals surface area contributed by atoms with Gasteiger partial charge in [0.1, 0.15) is 0 Å². The summed E-state index contributed by atoms with van der Waals surface area (Å²) in [5.41, 5.74) is 1.82. The molecule has 144 valence electrons. The van der Waals surface area contributed by atoms with E-state index in [1.54, 1.807) is 24.9 Å². The molecule has 3 N–H and O–H groups in total. The van der Waals surface area contributed by atoms with Crippen LogP contribution >= 0.6 is 0 Å². The van der Waals surface area contributed by atoms with Crippen molar-refractivity contribution in [2.45, 2.75) is 51.4 Å². The molecular formula is C19H26N6O2. The highest BCUT2D eigenvalue weighted by Gasteiger charge is 2.37. The Hall–Kier alpha value is -2.74. The second kappa shape index (κ2) is 8.77. The molecule has 3 rings (SSSR count). The summed E-state index contributed by atoms with van der Waals surface area (Å²) < 4.78 is 0. The zero-order valence-electron chi connectivity index (χ0n) is 15.7. The van der Waals surface area contributed by atoms with E-state index in [0.29, 0.717) is 19.5 Å². The van der Waals surface area contributed by atoms with Gasteiger partial charge < -0.3 is 15.6 Å². The molecule has 1 aliphatic heterocycles. The van der Waals surface area contributed by atoms with Gasteiger partial charge in [-0.15, -0.1) is 0 Å². The summed E-state index contributed by atoms with van der Waals surface area (Å²) in [6, 6.07) is 3.42. The standard InChI is InChI=1S/C19H26N6O2/c1-13(2)23-19(27)17-7-15(10-25(17)11-16-9-21-12-22-16)24-18(26)6-14-4-3-5-20-8-14/h3-5,8-9,12-13,15,17H,6-7,10-11H2,1-2H3,(H,21,22)(H,23,27)(H,24,26)/t15-,17+/m1/s1. The number of pyridine rings is 1. The van der Waals surface area contributed by atoms with Gasteiger partial charge in [-0.1, -0.05) is 6.07 Å². The SMILES string of the molecule is CC(C)NC(=O)[C@@H]1C[C@@H](NC(=O)Cc2cccnc2)CN1Cc1cnc[nH]1. The van der Waals surface area contributed by atoms with Crippen molar-refractivity contribution in [2.24, 2.45) is 0 Å². The molecule has 8 heteroatoms. The summed E-state index contributed by atoms with van der Waals surface area (Å²) in [5.74, 6) is -0.0621. The molecule has 0 bridgehead atoms. The zero-order valence-corrected chi connectivity index (χ0v) is 15.7. The average molecular weight is 370 g/mol. The van der Waals surface area contributed by atoms with E-state index in [1.165, 1.54) is 0 Å². The summed E-state index contributed by atoms with van der Waals surface area (Å²) in [6.07, 6.45) is 7.63. The van der Waals surface area contributed by atoms with Crippen LogP contribution < -0.4 is 10.6 Å². The summed E-state index contributed by atoms with van der Waals surface area (Å²) >= 11 is 0. The number of hydrogen-bond donors (Lipinski definition) is 3. The van der Waals surface area contributed by atoms with Gasteiger partial charge in [0.2, 0.25) is 11.8 Å². The highest BCUT2D eigenvalue weighted by molar-refractivity contribution is 5.83. The molecule has 1 saturated heterocycles. The summed E-state index contributed by atoms with van der Waals surface area (Å²) in [4.78, 5) is 38.2. The smallest absolute Gasteiger partial charge is 0.237 e. The van der Waals surface area contributed by atoms with Crippen LogP contribution in [0.3, 0.4) is 0 Å². The van der Waals surface area contributed by atoms with Crippen LogP contribution in [-0.4, -0.2) is 56.3 Å². The Morgan fingerprint density at radius 3 is 2.85 bits per heavy atom. The van der Waals surface area contributed by atoms with E-state index in [2.05, 4.69) is 30.5 Å². The molecule has 2 atom stereocenters. The maximum absolute atomic E-state index is 12.6. The molecule has 2 aromatic heterocycles. The number of carbonyl (C=O) groups excluding carboxylic acids is 2. The highest BCUT2D eigenvalue weighted by Crippen LogP contribution is 2.21. The van der Waals surface area contributed by atoms with Gasteiger partial charge in [0.05, 0.1) is 18.8 Å². The minimum atomic E-state index is -0.278. The second-order valence-corrected chi connectivity index (χ2v) is 7.22. The Morgan fingerprint density at radius 1 is 1.33 bits per heavy atom. The van der Waals surface area contributed by atoms with Crippen molar-refractivity contribution in [3.05, 3.63) is 48.3 Å². The van der Waals surface area contributed by atoms with Crippen LogP contribution in [0.25, 0.3) is 0 Å². The van der Waals surface area contributed by atoms with Crippen LogP contribution in [0.4, 0.5) is 0 Å². The molecule has 0 spiro atoms. The largest absolute Gasteiger partial charge is 0.353 e. The number of nitrogens with zero attached hydrogens (tertiary/aromatic N) is 3. The number of rotatable bonds is 7. The van der Waals surface area contributed by atoms with Gasteiger partial charge in [-0.25, -0.2) is 4.98 Å². The molecule has 0 aromatic carbocycles. The summed E-state index contributed by atoms with van der Waals surface area (Å²) in [7, 11) is 0. The molecule has 2 aromatic rings. The number of hydrogen-bond acceptors (Lipinski definition) is 5. The molecule has 1 fully saturated rings. The Bertz CT molecular complexity index is 747. The Labute approximate surface area is 158 Å². The van der Waals surface area contributed by atoms with Crippen LogP contribution in [0.1, 0.15) is 31.5 Å². The number of nitrogens with one attached hydrogen (secondary N) is 3. The van der Waals surface area contributed by atoms with E-state index >= 15 is 0 Å². The maximum Gasteiger partial charge on any atom is 0.237 e. The normalized spacial score (nSPS) is 20.0. The lowest BCUT2D eigenvalue weighted by molar-refractivity contribution is -0.126. The molecular weight excluding hydrogens is 344 g/mol. The van der Waals surface area contributed by atoms with E-state index < -0.39 is 0 Å². The first-order valence-corrected chi connectivity index (χ1v) is 9.21. The van der Waals surface area contributed by atoms with Gasteiger partial charge in [-0.2, -0.15) is 0 Å². The third kappa shape index (κ3) is 5.37. The van der Waals surface area contributed by atoms with Crippen molar-refractivity contribution >= 4 is 11.8 Å². The fraction of sp³-hybridized carbons (Fsp3) is 0.474. The second-order valence-electron chi connectivity index (χ2n) is 7.22. The Morgan fingerprint density at radius 2 is 2.19 bits per heavy atom. The van der Waals surface area contributed by atoms with Crippen molar-refractivity contribution in [1.82, 2.24) is 30.5 Å². The Kier molecular flexibility index (Phi) is 6.18. The topological polar surface area (TPSA) is 103 Å². The van der Waals surface area contributed by atoms with Crippen LogP contribution in [-0.2, 0) is 22.6 Å². The summed E-state index contributed by atoms with van der Waals surface area (Å²) in [5, 5.41) is 6.04. The first-order valence-electron chi connectivity index (χ1n) is 9.21. The highest BCUT2D eigenvalue weighted by atomic mass is 16.2. The number of carbonyl (C=O) groups is 2.